The van der Waals surface area contributed by atoms with Gasteiger partial charge in [-0.2, -0.15) is 0 Å². The fourth-order valence-corrected chi connectivity index (χ4v) is 1.75. The number of benzene rings is 2. The molecule has 0 aromatic heterocycles. The molecule has 2 aromatic rings. The summed E-state index contributed by atoms with van der Waals surface area (Å²) in [5.41, 5.74) is 1.33. The normalized spacial score (nSPS) is 11.3. The number of halogens is 1. The SMILES string of the molecule is CC(O)c1cc(F)ccc1OCC#Cc1ccccc1. The number of aliphatic hydroxyl groups excluding tert-OH is 1. The molecule has 0 aliphatic carbocycles. The van der Waals surface area contributed by atoms with Gasteiger partial charge in [-0.05, 0) is 37.3 Å². The summed E-state index contributed by atoms with van der Waals surface area (Å²) in [4.78, 5) is 0. The van der Waals surface area contributed by atoms with Crippen LogP contribution in [0.5, 0.6) is 5.75 Å². The third-order valence-electron chi connectivity index (χ3n) is 2.73. The van der Waals surface area contributed by atoms with E-state index in [4.69, 9.17) is 4.74 Å². The Morgan fingerprint density at radius 2 is 1.95 bits per heavy atom. The molecule has 0 saturated heterocycles. The highest BCUT2D eigenvalue weighted by atomic mass is 19.1. The number of aliphatic hydroxyl groups is 1. The van der Waals surface area contributed by atoms with E-state index in [0.717, 1.165) is 5.56 Å². The van der Waals surface area contributed by atoms with Crippen LogP contribution in [0.2, 0.25) is 0 Å². The summed E-state index contributed by atoms with van der Waals surface area (Å²) in [6, 6.07) is 13.6. The Hall–Kier alpha value is -2.31. The molecule has 0 spiro atoms. The van der Waals surface area contributed by atoms with Gasteiger partial charge in [-0.1, -0.05) is 30.0 Å². The Bertz CT molecular complexity index is 624. The Balaban J connectivity index is 2.03. The van der Waals surface area contributed by atoms with Gasteiger partial charge in [-0.25, -0.2) is 4.39 Å². The standard InChI is InChI=1S/C17H15FO2/c1-13(19)16-12-15(18)9-10-17(16)20-11-5-8-14-6-3-2-4-7-14/h2-4,6-7,9-10,12-13,19H,11H2,1H3. The van der Waals surface area contributed by atoms with Crippen molar-refractivity contribution >= 4 is 0 Å². The first-order chi connectivity index (χ1) is 9.66. The van der Waals surface area contributed by atoms with Gasteiger partial charge in [-0.15, -0.1) is 0 Å². The van der Waals surface area contributed by atoms with Crippen molar-refractivity contribution in [3.63, 3.8) is 0 Å². The summed E-state index contributed by atoms with van der Waals surface area (Å²) in [6.07, 6.45) is -0.789. The minimum absolute atomic E-state index is 0.181. The van der Waals surface area contributed by atoms with Gasteiger partial charge in [0.1, 0.15) is 18.2 Å². The zero-order valence-electron chi connectivity index (χ0n) is 11.1. The van der Waals surface area contributed by atoms with Gasteiger partial charge < -0.3 is 9.84 Å². The Labute approximate surface area is 117 Å². The molecule has 0 amide bonds. The maximum absolute atomic E-state index is 13.1. The second kappa shape index (κ2) is 6.74. The summed E-state index contributed by atoms with van der Waals surface area (Å²) >= 11 is 0. The van der Waals surface area contributed by atoms with Crippen LogP contribution in [0.25, 0.3) is 0 Å². The van der Waals surface area contributed by atoms with Crippen LogP contribution in [0.4, 0.5) is 4.39 Å². The molecule has 0 aliphatic rings. The van der Waals surface area contributed by atoms with Crippen molar-refractivity contribution in [1.29, 1.82) is 0 Å². The zero-order chi connectivity index (χ0) is 14.4. The molecule has 2 rings (SSSR count). The van der Waals surface area contributed by atoms with Crippen LogP contribution in [0.1, 0.15) is 24.2 Å². The second-order valence-electron chi connectivity index (χ2n) is 4.31. The molecule has 102 valence electrons. The van der Waals surface area contributed by atoms with Gasteiger partial charge in [0, 0.05) is 11.1 Å². The van der Waals surface area contributed by atoms with Gasteiger partial charge >= 0.3 is 0 Å². The van der Waals surface area contributed by atoms with Crippen molar-refractivity contribution in [2.75, 3.05) is 6.61 Å². The largest absolute Gasteiger partial charge is 0.481 e. The van der Waals surface area contributed by atoms with E-state index in [2.05, 4.69) is 11.8 Å². The Kier molecular flexibility index (Phi) is 4.75. The topological polar surface area (TPSA) is 29.5 Å². The molecule has 2 nitrogen and oxygen atoms in total. The first-order valence-corrected chi connectivity index (χ1v) is 6.31. The predicted octanol–water partition coefficient (Wildman–Crippen LogP) is 3.31. The second-order valence-corrected chi connectivity index (χ2v) is 4.31. The van der Waals surface area contributed by atoms with Crippen LogP contribution in [0.15, 0.2) is 48.5 Å². The molecule has 1 atom stereocenters. The molecular weight excluding hydrogens is 255 g/mol. The van der Waals surface area contributed by atoms with E-state index >= 15 is 0 Å². The first-order valence-electron chi connectivity index (χ1n) is 6.31. The van der Waals surface area contributed by atoms with E-state index in [9.17, 15) is 9.50 Å². The molecule has 20 heavy (non-hydrogen) atoms. The highest BCUT2D eigenvalue weighted by Crippen LogP contribution is 2.25. The van der Waals surface area contributed by atoms with E-state index in [1.165, 1.54) is 18.2 Å². The third-order valence-corrected chi connectivity index (χ3v) is 2.73. The monoisotopic (exact) mass is 270 g/mol. The quantitative estimate of drug-likeness (QED) is 0.867. The molecule has 0 aliphatic heterocycles. The van der Waals surface area contributed by atoms with Crippen molar-refractivity contribution in [2.45, 2.75) is 13.0 Å². The summed E-state index contributed by atoms with van der Waals surface area (Å²) in [6.45, 7) is 1.75. The molecule has 0 saturated carbocycles. The van der Waals surface area contributed by atoms with Crippen LogP contribution in [-0.4, -0.2) is 11.7 Å². The molecule has 0 radical (unpaired) electrons. The van der Waals surface area contributed by atoms with Crippen LogP contribution < -0.4 is 4.74 Å². The van der Waals surface area contributed by atoms with Crippen LogP contribution in [-0.2, 0) is 0 Å². The number of ether oxygens (including phenoxy) is 1. The summed E-state index contributed by atoms with van der Waals surface area (Å²) in [5, 5.41) is 9.58. The molecular formula is C17H15FO2. The number of hydrogen-bond donors (Lipinski definition) is 1. The number of hydrogen-bond acceptors (Lipinski definition) is 2. The fraction of sp³-hybridized carbons (Fsp3) is 0.176. The molecule has 1 unspecified atom stereocenters. The first kappa shape index (κ1) is 14.1. The van der Waals surface area contributed by atoms with Gasteiger partial charge in [0.15, 0.2) is 0 Å². The van der Waals surface area contributed by atoms with Crippen molar-refractivity contribution in [2.24, 2.45) is 0 Å². The smallest absolute Gasteiger partial charge is 0.149 e. The maximum Gasteiger partial charge on any atom is 0.149 e. The molecule has 0 fully saturated rings. The summed E-state index contributed by atoms with van der Waals surface area (Å²) in [7, 11) is 0. The van der Waals surface area contributed by atoms with E-state index < -0.39 is 11.9 Å². The van der Waals surface area contributed by atoms with E-state index in [1.807, 2.05) is 30.3 Å². The lowest BCUT2D eigenvalue weighted by Crippen LogP contribution is -2.01. The van der Waals surface area contributed by atoms with E-state index in [1.54, 1.807) is 6.92 Å². The lowest BCUT2D eigenvalue weighted by atomic mass is 10.1. The predicted molar refractivity (Wildman–Crippen MR) is 75.8 cm³/mol. The lowest BCUT2D eigenvalue weighted by Gasteiger charge is -2.11. The van der Waals surface area contributed by atoms with E-state index in [-0.39, 0.29) is 6.61 Å². The Morgan fingerprint density at radius 3 is 2.65 bits per heavy atom. The minimum atomic E-state index is -0.789. The summed E-state index contributed by atoms with van der Waals surface area (Å²) < 4.78 is 18.6. The third kappa shape index (κ3) is 3.84. The van der Waals surface area contributed by atoms with Gasteiger partial charge in [0.05, 0.1) is 6.10 Å². The zero-order valence-corrected chi connectivity index (χ0v) is 11.1. The molecule has 3 heteroatoms. The number of rotatable bonds is 3. The molecule has 1 N–H and O–H groups in total. The van der Waals surface area contributed by atoms with Crippen LogP contribution in [0, 0.1) is 17.7 Å². The minimum Gasteiger partial charge on any atom is -0.481 e. The van der Waals surface area contributed by atoms with Gasteiger partial charge in [0.2, 0.25) is 0 Å². The average molecular weight is 270 g/mol. The van der Waals surface area contributed by atoms with Crippen molar-refractivity contribution in [3.8, 4) is 17.6 Å². The van der Waals surface area contributed by atoms with Crippen molar-refractivity contribution in [3.05, 3.63) is 65.5 Å². The van der Waals surface area contributed by atoms with Crippen molar-refractivity contribution in [1.82, 2.24) is 0 Å². The molecule has 2 aromatic carbocycles. The van der Waals surface area contributed by atoms with Crippen LogP contribution >= 0.6 is 0 Å². The molecule has 0 bridgehead atoms. The average Bonchev–Trinajstić information content (AvgIpc) is 2.45. The highest BCUT2D eigenvalue weighted by Gasteiger charge is 2.09. The van der Waals surface area contributed by atoms with Crippen molar-refractivity contribution < 1.29 is 14.2 Å². The van der Waals surface area contributed by atoms with E-state index in [0.29, 0.717) is 11.3 Å². The molecule has 0 heterocycles. The summed E-state index contributed by atoms with van der Waals surface area (Å²) in [5.74, 6) is 5.90. The maximum atomic E-state index is 13.1. The fourth-order valence-electron chi connectivity index (χ4n) is 1.75. The van der Waals surface area contributed by atoms with Gasteiger partial charge in [0.25, 0.3) is 0 Å². The highest BCUT2D eigenvalue weighted by molar-refractivity contribution is 5.37. The lowest BCUT2D eigenvalue weighted by molar-refractivity contribution is 0.192. The van der Waals surface area contributed by atoms with Gasteiger partial charge in [-0.3, -0.25) is 0 Å². The van der Waals surface area contributed by atoms with Crippen LogP contribution in [0.3, 0.4) is 0 Å². The Morgan fingerprint density at radius 1 is 1.20 bits per heavy atom.